The number of rotatable bonds is 6. The average Bonchev–Trinajstić information content (AvgIpc) is 3.15. The topological polar surface area (TPSA) is 89.0 Å². The van der Waals surface area contributed by atoms with Crippen molar-refractivity contribution < 1.29 is 19.1 Å². The highest BCUT2D eigenvalue weighted by Gasteiger charge is 2.49. The Morgan fingerprint density at radius 1 is 1.09 bits per heavy atom. The molecule has 0 bridgehead atoms. The lowest BCUT2D eigenvalue weighted by atomic mass is 9.76. The minimum Gasteiger partial charge on any atom is -0.452 e. The van der Waals surface area contributed by atoms with Crippen molar-refractivity contribution in [2.45, 2.75) is 51.0 Å². The summed E-state index contributed by atoms with van der Waals surface area (Å²) in [4.78, 5) is 29.5. The molecule has 2 aromatic carbocycles. The van der Waals surface area contributed by atoms with Gasteiger partial charge in [0.05, 0.1) is 12.8 Å². The first-order valence-electron chi connectivity index (χ1n) is 11.1. The minimum absolute atomic E-state index is 0.327. The van der Waals surface area contributed by atoms with E-state index < -0.39 is 11.6 Å². The first kappa shape index (κ1) is 21.9. The highest BCUT2D eigenvalue weighted by molar-refractivity contribution is 6.08. The molecule has 2 N–H and O–H groups in total. The van der Waals surface area contributed by atoms with Crippen LogP contribution < -0.4 is 10.9 Å². The van der Waals surface area contributed by atoms with Gasteiger partial charge in [0.1, 0.15) is 0 Å². The van der Waals surface area contributed by atoms with Crippen molar-refractivity contribution in [3.8, 4) is 0 Å². The molecule has 0 spiro atoms. The Hall–Kier alpha value is -3.35. The molecule has 2 aromatic rings. The van der Waals surface area contributed by atoms with Gasteiger partial charge in [0.2, 0.25) is 5.90 Å². The highest BCUT2D eigenvalue weighted by Crippen LogP contribution is 2.43. The number of ether oxygens (including phenoxy) is 2. The molecule has 0 aromatic heterocycles. The van der Waals surface area contributed by atoms with Crippen LogP contribution >= 0.6 is 0 Å². The van der Waals surface area contributed by atoms with Crippen LogP contribution in [0.4, 0.5) is 10.5 Å². The van der Waals surface area contributed by atoms with E-state index in [9.17, 15) is 9.59 Å². The van der Waals surface area contributed by atoms with Gasteiger partial charge in [-0.3, -0.25) is 5.43 Å². The van der Waals surface area contributed by atoms with Crippen LogP contribution in [0.3, 0.4) is 0 Å². The summed E-state index contributed by atoms with van der Waals surface area (Å²) >= 11 is 0. The van der Waals surface area contributed by atoms with E-state index in [0.717, 1.165) is 29.5 Å². The predicted octanol–water partition coefficient (Wildman–Crippen LogP) is 4.85. The molecule has 1 atom stereocenters. The molecule has 1 aliphatic carbocycles. The molecule has 1 saturated carbocycles. The van der Waals surface area contributed by atoms with Crippen LogP contribution in [-0.4, -0.2) is 25.1 Å². The van der Waals surface area contributed by atoms with Crippen LogP contribution in [0.1, 0.15) is 55.2 Å². The Bertz CT molecular complexity index is 995. The second-order valence-electron chi connectivity index (χ2n) is 8.56. The zero-order valence-electron chi connectivity index (χ0n) is 18.5. The summed E-state index contributed by atoms with van der Waals surface area (Å²) in [6, 6.07) is 15.2. The number of aryl methyl sites for hydroxylation is 1. The number of carbonyl (C=O) groups excluding carboxylic acids is 2. The summed E-state index contributed by atoms with van der Waals surface area (Å²) in [5.74, 6) is 0.476. The Kier molecular flexibility index (Phi) is 6.44. The van der Waals surface area contributed by atoms with E-state index >= 15 is 0 Å². The summed E-state index contributed by atoms with van der Waals surface area (Å²) in [6.07, 6.45) is 5.88. The van der Waals surface area contributed by atoms with E-state index in [1.54, 1.807) is 12.1 Å². The number of hydrogen-bond donors (Lipinski definition) is 2. The largest absolute Gasteiger partial charge is 0.452 e. The lowest BCUT2D eigenvalue weighted by Crippen LogP contribution is -2.34. The quantitative estimate of drug-likeness (QED) is 0.500. The molecule has 2 aliphatic rings. The van der Waals surface area contributed by atoms with Crippen molar-refractivity contribution in [3.05, 3.63) is 65.2 Å². The van der Waals surface area contributed by atoms with Crippen LogP contribution in [-0.2, 0) is 19.8 Å². The number of hydrazine groups is 1. The minimum atomic E-state index is -1.06. The van der Waals surface area contributed by atoms with Crippen LogP contribution in [0.2, 0.25) is 0 Å². The number of cyclic esters (lactones) is 1. The fourth-order valence-electron chi connectivity index (χ4n) is 4.48. The van der Waals surface area contributed by atoms with Gasteiger partial charge in [0.25, 0.3) is 0 Å². The number of methoxy groups -OCH3 is 1. The summed E-state index contributed by atoms with van der Waals surface area (Å²) in [5, 5.41) is 0. The number of esters is 1. The molecule has 0 saturated heterocycles. The zero-order valence-corrected chi connectivity index (χ0v) is 18.5. The number of benzene rings is 2. The number of anilines is 1. The molecule has 0 unspecified atom stereocenters. The van der Waals surface area contributed by atoms with Crippen molar-refractivity contribution in [1.29, 1.82) is 0 Å². The number of hydrogen-bond acceptors (Lipinski definition) is 6. The molecular formula is C25H29N3O4. The molecule has 32 heavy (non-hydrogen) atoms. The maximum absolute atomic E-state index is 13.3. The van der Waals surface area contributed by atoms with Gasteiger partial charge < -0.3 is 9.47 Å². The fourth-order valence-corrected chi connectivity index (χ4v) is 4.48. The maximum atomic E-state index is 13.3. The average molecular weight is 436 g/mol. The molecule has 7 nitrogen and oxygen atoms in total. The fraction of sp³-hybridized carbons (Fsp3) is 0.400. The van der Waals surface area contributed by atoms with Gasteiger partial charge >= 0.3 is 12.1 Å². The predicted molar refractivity (Wildman–Crippen MR) is 122 cm³/mol. The number of amides is 1. The third-order valence-corrected chi connectivity index (χ3v) is 6.28. The molecule has 1 aliphatic heterocycles. The first-order valence-corrected chi connectivity index (χ1v) is 11.1. The SMILES string of the molecule is COC(=O)NNc1ccc([C@@]2(CC3CCCCC3)N=C(c3ccc(C)cc3)OC2=O)cc1. The molecule has 0 radical (unpaired) electrons. The van der Waals surface area contributed by atoms with Gasteiger partial charge in [0, 0.05) is 5.56 Å². The van der Waals surface area contributed by atoms with E-state index in [1.165, 1.54) is 26.4 Å². The van der Waals surface area contributed by atoms with E-state index in [2.05, 4.69) is 15.6 Å². The Balaban J connectivity index is 1.66. The normalized spacial score (nSPS) is 20.9. The van der Waals surface area contributed by atoms with Gasteiger partial charge in [-0.2, -0.15) is 0 Å². The van der Waals surface area contributed by atoms with Crippen LogP contribution in [0.25, 0.3) is 0 Å². The molecule has 1 amide bonds. The molecular weight excluding hydrogens is 406 g/mol. The molecule has 7 heteroatoms. The lowest BCUT2D eigenvalue weighted by molar-refractivity contribution is -0.140. The summed E-state index contributed by atoms with van der Waals surface area (Å²) in [5.41, 5.74) is 7.54. The molecule has 4 rings (SSSR count). The van der Waals surface area contributed by atoms with Gasteiger partial charge in [-0.05, 0) is 49.1 Å². The lowest BCUT2D eigenvalue weighted by Gasteiger charge is -2.30. The second kappa shape index (κ2) is 9.42. The van der Waals surface area contributed by atoms with Gasteiger partial charge in [-0.1, -0.05) is 61.9 Å². The van der Waals surface area contributed by atoms with E-state index in [-0.39, 0.29) is 5.97 Å². The smallest absolute Gasteiger partial charge is 0.425 e. The monoisotopic (exact) mass is 435 g/mol. The summed E-state index contributed by atoms with van der Waals surface area (Å²) in [6.45, 7) is 2.02. The number of aliphatic imine (C=N–C) groups is 1. The van der Waals surface area contributed by atoms with Crippen LogP contribution in [0, 0.1) is 12.8 Å². The summed E-state index contributed by atoms with van der Waals surface area (Å²) in [7, 11) is 1.30. The van der Waals surface area contributed by atoms with E-state index in [1.807, 2.05) is 43.3 Å². The van der Waals surface area contributed by atoms with Crippen LogP contribution in [0.15, 0.2) is 53.5 Å². The van der Waals surface area contributed by atoms with Crippen molar-refractivity contribution in [1.82, 2.24) is 5.43 Å². The Morgan fingerprint density at radius 2 is 1.78 bits per heavy atom. The first-order chi connectivity index (χ1) is 15.5. The number of nitrogens with one attached hydrogen (secondary N) is 2. The van der Waals surface area contributed by atoms with E-state index in [0.29, 0.717) is 23.9 Å². The third-order valence-electron chi connectivity index (χ3n) is 6.28. The van der Waals surface area contributed by atoms with Gasteiger partial charge in [-0.15, -0.1) is 0 Å². The zero-order chi connectivity index (χ0) is 22.6. The van der Waals surface area contributed by atoms with Crippen molar-refractivity contribution in [3.63, 3.8) is 0 Å². The molecule has 1 fully saturated rings. The molecule has 168 valence electrons. The maximum Gasteiger partial charge on any atom is 0.425 e. The van der Waals surface area contributed by atoms with Crippen LogP contribution in [0.5, 0.6) is 0 Å². The van der Waals surface area contributed by atoms with E-state index in [4.69, 9.17) is 9.73 Å². The second-order valence-corrected chi connectivity index (χ2v) is 8.56. The number of nitrogens with zero attached hydrogens (tertiary/aromatic N) is 1. The van der Waals surface area contributed by atoms with Gasteiger partial charge in [0.15, 0.2) is 5.54 Å². The highest BCUT2D eigenvalue weighted by atomic mass is 16.6. The number of carbonyl (C=O) groups is 2. The third kappa shape index (κ3) is 4.61. The Morgan fingerprint density at radius 3 is 2.44 bits per heavy atom. The van der Waals surface area contributed by atoms with Crippen molar-refractivity contribution >= 4 is 23.6 Å². The van der Waals surface area contributed by atoms with Gasteiger partial charge in [-0.25, -0.2) is 20.0 Å². The van der Waals surface area contributed by atoms with Crippen molar-refractivity contribution in [2.75, 3.05) is 12.5 Å². The molecule has 1 heterocycles. The summed E-state index contributed by atoms with van der Waals surface area (Å²) < 4.78 is 10.3. The standard InChI is InChI=1S/C25H29N3O4/c1-17-8-10-19(11-9-17)22-26-25(23(29)32-22,16-18-6-4-3-5-7-18)20-12-14-21(15-13-20)27-28-24(30)31-2/h8-15,18,27H,3-7,16H2,1-2H3,(H,28,30)/t25-/m1/s1. The Labute approximate surface area is 188 Å². The van der Waals surface area contributed by atoms with Crippen molar-refractivity contribution in [2.24, 2.45) is 10.9 Å².